The Kier molecular flexibility index (Phi) is 3.66. The van der Waals surface area contributed by atoms with Gasteiger partial charge in [-0.25, -0.2) is 0 Å². The van der Waals surface area contributed by atoms with Gasteiger partial charge < -0.3 is 10.2 Å². The average Bonchev–Trinajstić information content (AvgIpc) is 2.95. The highest BCUT2D eigenvalue weighted by atomic mass is 16.3. The quantitative estimate of drug-likeness (QED) is 0.803. The van der Waals surface area contributed by atoms with E-state index in [9.17, 15) is 0 Å². The number of hydrogen-bond donors (Lipinski definition) is 1. The number of furan rings is 1. The van der Waals surface area contributed by atoms with Gasteiger partial charge in [-0.3, -0.25) is 4.90 Å². The van der Waals surface area contributed by atoms with Gasteiger partial charge in [0.1, 0.15) is 11.5 Å². The van der Waals surface area contributed by atoms with Gasteiger partial charge in [0.05, 0.1) is 13.1 Å². The molecule has 1 aromatic rings. The summed E-state index contributed by atoms with van der Waals surface area (Å²) in [5, 5.41) is 0. The number of nitrogens with two attached hydrogens (primary N) is 1. The topological polar surface area (TPSA) is 42.4 Å². The SMILES string of the molecule is CC(C)N(Cc1ccc(CN)o1)CC1CC1. The molecule has 0 saturated heterocycles. The van der Waals surface area contributed by atoms with Crippen LogP contribution in [0.2, 0.25) is 0 Å². The van der Waals surface area contributed by atoms with Gasteiger partial charge >= 0.3 is 0 Å². The fourth-order valence-corrected chi connectivity index (χ4v) is 1.91. The van der Waals surface area contributed by atoms with Crippen molar-refractivity contribution < 1.29 is 4.42 Å². The van der Waals surface area contributed by atoms with Crippen LogP contribution in [0.15, 0.2) is 16.5 Å². The summed E-state index contributed by atoms with van der Waals surface area (Å²) in [6, 6.07) is 4.60. The molecule has 1 aliphatic carbocycles. The first-order valence-electron chi connectivity index (χ1n) is 6.20. The number of rotatable bonds is 6. The number of hydrogen-bond acceptors (Lipinski definition) is 3. The summed E-state index contributed by atoms with van der Waals surface area (Å²) in [5.41, 5.74) is 5.54. The highest BCUT2D eigenvalue weighted by Gasteiger charge is 2.25. The van der Waals surface area contributed by atoms with Gasteiger partial charge in [0, 0.05) is 12.6 Å². The van der Waals surface area contributed by atoms with Crippen LogP contribution in [0.4, 0.5) is 0 Å². The van der Waals surface area contributed by atoms with E-state index in [2.05, 4.69) is 18.7 Å². The lowest BCUT2D eigenvalue weighted by atomic mass is 10.2. The molecular formula is C13H22N2O. The fourth-order valence-electron chi connectivity index (χ4n) is 1.91. The molecule has 1 aromatic heterocycles. The number of nitrogens with zero attached hydrogens (tertiary/aromatic N) is 1. The molecule has 1 heterocycles. The lowest BCUT2D eigenvalue weighted by molar-refractivity contribution is 0.187. The molecule has 1 fully saturated rings. The molecule has 16 heavy (non-hydrogen) atoms. The van der Waals surface area contributed by atoms with Crippen LogP contribution in [0, 0.1) is 5.92 Å². The Morgan fingerprint density at radius 3 is 2.56 bits per heavy atom. The first-order valence-corrected chi connectivity index (χ1v) is 6.20. The zero-order chi connectivity index (χ0) is 11.5. The largest absolute Gasteiger partial charge is 0.463 e. The maximum Gasteiger partial charge on any atom is 0.118 e. The molecule has 0 bridgehead atoms. The van der Waals surface area contributed by atoms with Gasteiger partial charge in [0.15, 0.2) is 0 Å². The second kappa shape index (κ2) is 5.02. The van der Waals surface area contributed by atoms with E-state index in [1.54, 1.807) is 0 Å². The van der Waals surface area contributed by atoms with E-state index < -0.39 is 0 Å². The normalized spacial score (nSPS) is 16.3. The van der Waals surface area contributed by atoms with Crippen LogP contribution in [0.5, 0.6) is 0 Å². The van der Waals surface area contributed by atoms with Crippen molar-refractivity contribution in [1.82, 2.24) is 4.90 Å². The average molecular weight is 222 g/mol. The summed E-state index contributed by atoms with van der Waals surface area (Å²) in [4.78, 5) is 2.48. The van der Waals surface area contributed by atoms with E-state index in [0.717, 1.165) is 24.0 Å². The molecular weight excluding hydrogens is 200 g/mol. The Labute approximate surface area is 97.6 Å². The van der Waals surface area contributed by atoms with E-state index in [4.69, 9.17) is 10.2 Å². The molecule has 2 N–H and O–H groups in total. The standard InChI is InChI=1S/C13H22N2O/c1-10(2)15(8-11-3-4-11)9-13-6-5-12(7-14)16-13/h5-6,10-11H,3-4,7-9,14H2,1-2H3. The van der Waals surface area contributed by atoms with Crippen molar-refractivity contribution in [2.45, 2.75) is 45.8 Å². The van der Waals surface area contributed by atoms with Crippen LogP contribution in [0.3, 0.4) is 0 Å². The fraction of sp³-hybridized carbons (Fsp3) is 0.692. The summed E-state index contributed by atoms with van der Waals surface area (Å²) in [6.45, 7) is 7.10. The molecule has 0 spiro atoms. The van der Waals surface area contributed by atoms with Crippen LogP contribution in [-0.4, -0.2) is 17.5 Å². The molecule has 0 atom stereocenters. The van der Waals surface area contributed by atoms with Crippen molar-refractivity contribution in [1.29, 1.82) is 0 Å². The Morgan fingerprint density at radius 2 is 2.06 bits per heavy atom. The van der Waals surface area contributed by atoms with E-state index in [1.807, 2.05) is 12.1 Å². The molecule has 90 valence electrons. The summed E-state index contributed by atoms with van der Waals surface area (Å²) >= 11 is 0. The van der Waals surface area contributed by atoms with Crippen LogP contribution in [0.25, 0.3) is 0 Å². The molecule has 0 aromatic carbocycles. The zero-order valence-electron chi connectivity index (χ0n) is 10.3. The maximum atomic E-state index is 5.65. The predicted molar refractivity (Wildman–Crippen MR) is 64.9 cm³/mol. The maximum absolute atomic E-state index is 5.65. The van der Waals surface area contributed by atoms with Gasteiger partial charge in [-0.1, -0.05) is 0 Å². The van der Waals surface area contributed by atoms with E-state index in [1.165, 1.54) is 19.4 Å². The van der Waals surface area contributed by atoms with Crippen LogP contribution in [0.1, 0.15) is 38.2 Å². The molecule has 3 nitrogen and oxygen atoms in total. The molecule has 2 rings (SSSR count). The summed E-state index contributed by atoms with van der Waals surface area (Å²) < 4.78 is 5.65. The van der Waals surface area contributed by atoms with Crippen LogP contribution in [-0.2, 0) is 13.1 Å². The van der Waals surface area contributed by atoms with E-state index in [0.29, 0.717) is 12.6 Å². The van der Waals surface area contributed by atoms with Crippen molar-refractivity contribution in [3.05, 3.63) is 23.7 Å². The van der Waals surface area contributed by atoms with Crippen LogP contribution < -0.4 is 5.73 Å². The predicted octanol–water partition coefficient (Wildman–Crippen LogP) is 2.36. The Bertz CT molecular complexity index is 328. The first kappa shape index (κ1) is 11.7. The van der Waals surface area contributed by atoms with Crippen molar-refractivity contribution in [3.8, 4) is 0 Å². The van der Waals surface area contributed by atoms with Gasteiger partial charge in [0.2, 0.25) is 0 Å². The molecule has 1 saturated carbocycles. The highest BCUT2D eigenvalue weighted by Crippen LogP contribution is 2.30. The lowest BCUT2D eigenvalue weighted by Gasteiger charge is -2.25. The second-order valence-corrected chi connectivity index (χ2v) is 5.04. The van der Waals surface area contributed by atoms with Crippen LogP contribution >= 0.6 is 0 Å². The molecule has 0 aliphatic heterocycles. The van der Waals surface area contributed by atoms with Crippen molar-refractivity contribution in [2.24, 2.45) is 11.7 Å². The second-order valence-electron chi connectivity index (χ2n) is 5.04. The van der Waals surface area contributed by atoms with Gasteiger partial charge in [-0.2, -0.15) is 0 Å². The Hall–Kier alpha value is -0.800. The Morgan fingerprint density at radius 1 is 1.38 bits per heavy atom. The van der Waals surface area contributed by atoms with E-state index in [-0.39, 0.29) is 0 Å². The lowest BCUT2D eigenvalue weighted by Crippen LogP contribution is -2.32. The summed E-state index contributed by atoms with van der Waals surface area (Å²) in [7, 11) is 0. The minimum absolute atomic E-state index is 0.490. The van der Waals surface area contributed by atoms with Crippen molar-refractivity contribution >= 4 is 0 Å². The summed E-state index contributed by atoms with van der Waals surface area (Å²) in [6.07, 6.45) is 2.80. The third-order valence-corrected chi connectivity index (χ3v) is 3.20. The van der Waals surface area contributed by atoms with Gasteiger partial charge in [-0.05, 0) is 44.7 Å². The third kappa shape index (κ3) is 3.09. The third-order valence-electron chi connectivity index (χ3n) is 3.20. The molecule has 0 amide bonds. The van der Waals surface area contributed by atoms with Gasteiger partial charge in [-0.15, -0.1) is 0 Å². The molecule has 0 unspecified atom stereocenters. The minimum atomic E-state index is 0.490. The monoisotopic (exact) mass is 222 g/mol. The minimum Gasteiger partial charge on any atom is -0.463 e. The highest BCUT2D eigenvalue weighted by molar-refractivity contribution is 5.07. The smallest absolute Gasteiger partial charge is 0.118 e. The zero-order valence-corrected chi connectivity index (χ0v) is 10.3. The molecule has 3 heteroatoms. The van der Waals surface area contributed by atoms with Gasteiger partial charge in [0.25, 0.3) is 0 Å². The molecule has 1 aliphatic rings. The van der Waals surface area contributed by atoms with Crippen molar-refractivity contribution in [2.75, 3.05) is 6.54 Å². The van der Waals surface area contributed by atoms with Crippen molar-refractivity contribution in [3.63, 3.8) is 0 Å². The summed E-state index contributed by atoms with van der Waals surface area (Å²) in [5.74, 6) is 2.84. The van der Waals surface area contributed by atoms with E-state index >= 15 is 0 Å². The first-order chi connectivity index (χ1) is 7.69. The Balaban J connectivity index is 1.92. The molecule has 0 radical (unpaired) electrons.